The largest absolute Gasteiger partial charge is 0.422 e. The van der Waals surface area contributed by atoms with Crippen LogP contribution in [0.15, 0.2) is 69.9 Å². The van der Waals surface area contributed by atoms with E-state index in [4.69, 9.17) is 4.42 Å². The molecule has 1 atom stereocenters. The zero-order valence-corrected chi connectivity index (χ0v) is 14.6. The van der Waals surface area contributed by atoms with Crippen molar-refractivity contribution >= 4 is 22.8 Å². The van der Waals surface area contributed by atoms with Crippen LogP contribution in [0.25, 0.3) is 11.0 Å². The molecule has 6 heteroatoms. The second kappa shape index (κ2) is 7.07. The first-order valence-electron chi connectivity index (χ1n) is 8.79. The van der Waals surface area contributed by atoms with Crippen LogP contribution in [0.1, 0.15) is 28.4 Å². The van der Waals surface area contributed by atoms with E-state index in [-0.39, 0.29) is 17.9 Å². The van der Waals surface area contributed by atoms with Crippen LogP contribution in [0.4, 0.5) is 0 Å². The zero-order valence-electron chi connectivity index (χ0n) is 14.6. The van der Waals surface area contributed by atoms with Gasteiger partial charge in [-0.25, -0.2) is 4.79 Å². The second-order valence-corrected chi connectivity index (χ2v) is 6.46. The first-order chi connectivity index (χ1) is 13.1. The van der Waals surface area contributed by atoms with Gasteiger partial charge >= 0.3 is 5.63 Å². The number of nitrogens with one attached hydrogen (secondary N) is 1. The van der Waals surface area contributed by atoms with E-state index in [1.54, 1.807) is 29.2 Å². The lowest BCUT2D eigenvalue weighted by atomic mass is 10.0. The standard InChI is InChI=1S/C21H18N2O4/c24-19-13-17(14-6-2-1-3-7-14)23(11-10-22-19)20(25)16-12-15-8-4-5-9-18(15)27-21(16)26/h1-9,12,17H,10-11,13H2,(H,22,24)/t17-/m0/s1. The molecule has 1 aliphatic heterocycles. The number of hydrogen-bond donors (Lipinski definition) is 1. The topological polar surface area (TPSA) is 79.6 Å². The minimum atomic E-state index is -0.672. The third-order valence-electron chi connectivity index (χ3n) is 4.75. The molecule has 1 fully saturated rings. The fraction of sp³-hybridized carbons (Fsp3) is 0.190. The molecule has 0 spiro atoms. The summed E-state index contributed by atoms with van der Waals surface area (Å²) in [6, 6.07) is 17.6. The Morgan fingerprint density at radius 3 is 2.59 bits per heavy atom. The summed E-state index contributed by atoms with van der Waals surface area (Å²) in [5.41, 5.74) is 0.595. The highest BCUT2D eigenvalue weighted by Crippen LogP contribution is 2.27. The van der Waals surface area contributed by atoms with Gasteiger partial charge in [-0.2, -0.15) is 0 Å². The average molecular weight is 362 g/mol. The molecule has 1 saturated heterocycles. The molecule has 136 valence electrons. The summed E-state index contributed by atoms with van der Waals surface area (Å²) >= 11 is 0. The van der Waals surface area contributed by atoms with Gasteiger partial charge in [0, 0.05) is 18.5 Å². The lowest BCUT2D eigenvalue weighted by Crippen LogP contribution is -2.38. The molecule has 2 heterocycles. The Kier molecular flexibility index (Phi) is 4.46. The van der Waals surface area contributed by atoms with Gasteiger partial charge in [0.05, 0.1) is 12.5 Å². The van der Waals surface area contributed by atoms with Gasteiger partial charge in [0.2, 0.25) is 5.91 Å². The third kappa shape index (κ3) is 3.33. The van der Waals surface area contributed by atoms with E-state index in [2.05, 4.69) is 5.32 Å². The number of carbonyl (C=O) groups is 2. The van der Waals surface area contributed by atoms with Gasteiger partial charge in [0.1, 0.15) is 11.1 Å². The van der Waals surface area contributed by atoms with Crippen molar-refractivity contribution in [3.05, 3.63) is 82.2 Å². The van der Waals surface area contributed by atoms with Crippen molar-refractivity contribution in [3.63, 3.8) is 0 Å². The van der Waals surface area contributed by atoms with Gasteiger partial charge in [-0.1, -0.05) is 48.5 Å². The average Bonchev–Trinajstić information content (AvgIpc) is 2.89. The third-order valence-corrected chi connectivity index (χ3v) is 4.75. The number of rotatable bonds is 2. The fourth-order valence-electron chi connectivity index (χ4n) is 3.41. The smallest absolute Gasteiger partial charge is 0.349 e. The van der Waals surface area contributed by atoms with E-state index in [0.29, 0.717) is 24.1 Å². The molecule has 3 aromatic rings. The Labute approximate surface area is 155 Å². The minimum absolute atomic E-state index is 0.0241. The fourth-order valence-corrected chi connectivity index (χ4v) is 3.41. The number of carbonyl (C=O) groups excluding carboxylic acids is 2. The Morgan fingerprint density at radius 2 is 1.78 bits per heavy atom. The van der Waals surface area contributed by atoms with Crippen molar-refractivity contribution in [1.29, 1.82) is 0 Å². The predicted molar refractivity (Wildman–Crippen MR) is 100 cm³/mol. The van der Waals surface area contributed by atoms with Crippen LogP contribution in [0.2, 0.25) is 0 Å². The predicted octanol–water partition coefficient (Wildman–Crippen LogP) is 2.50. The van der Waals surface area contributed by atoms with Crippen molar-refractivity contribution in [2.24, 2.45) is 0 Å². The number of benzene rings is 2. The maximum atomic E-state index is 13.2. The molecule has 0 unspecified atom stereocenters. The highest BCUT2D eigenvalue weighted by atomic mass is 16.4. The summed E-state index contributed by atoms with van der Waals surface area (Å²) in [5, 5.41) is 3.47. The molecule has 0 radical (unpaired) electrons. The molecule has 2 aromatic carbocycles. The summed E-state index contributed by atoms with van der Waals surface area (Å²) in [6.07, 6.45) is 0.147. The molecule has 0 aliphatic carbocycles. The summed E-state index contributed by atoms with van der Waals surface area (Å²) in [5.74, 6) is -0.551. The SMILES string of the molecule is O=C1C[C@@H](c2ccccc2)N(C(=O)c2cc3ccccc3oc2=O)CCN1. The van der Waals surface area contributed by atoms with Gasteiger partial charge in [0.25, 0.3) is 5.91 Å². The Bertz CT molecular complexity index is 1060. The van der Waals surface area contributed by atoms with Crippen molar-refractivity contribution < 1.29 is 14.0 Å². The van der Waals surface area contributed by atoms with Crippen molar-refractivity contribution in [3.8, 4) is 0 Å². The summed E-state index contributed by atoms with van der Waals surface area (Å²) < 4.78 is 5.31. The number of para-hydroxylation sites is 1. The molecule has 2 amide bonds. The minimum Gasteiger partial charge on any atom is -0.422 e. The first kappa shape index (κ1) is 17.0. The van der Waals surface area contributed by atoms with Crippen molar-refractivity contribution in [1.82, 2.24) is 10.2 Å². The summed E-state index contributed by atoms with van der Waals surface area (Å²) in [6.45, 7) is 0.656. The Balaban J connectivity index is 1.77. The molecule has 4 rings (SSSR count). The van der Waals surface area contributed by atoms with E-state index in [1.165, 1.54) is 0 Å². The van der Waals surface area contributed by atoms with E-state index < -0.39 is 17.6 Å². The van der Waals surface area contributed by atoms with Gasteiger partial charge in [0.15, 0.2) is 0 Å². The van der Waals surface area contributed by atoms with Crippen LogP contribution in [0, 0.1) is 0 Å². The second-order valence-electron chi connectivity index (χ2n) is 6.46. The quantitative estimate of drug-likeness (QED) is 0.711. The van der Waals surface area contributed by atoms with Gasteiger partial charge in [-0.05, 0) is 17.7 Å². The van der Waals surface area contributed by atoms with E-state index in [0.717, 1.165) is 5.56 Å². The van der Waals surface area contributed by atoms with Gasteiger partial charge in [-0.15, -0.1) is 0 Å². The molecule has 0 bridgehead atoms. The molecular weight excluding hydrogens is 344 g/mol. The number of amides is 2. The molecule has 1 aliphatic rings. The molecule has 1 N–H and O–H groups in total. The van der Waals surface area contributed by atoms with E-state index in [1.807, 2.05) is 36.4 Å². The molecule has 27 heavy (non-hydrogen) atoms. The highest BCUT2D eigenvalue weighted by Gasteiger charge is 2.31. The van der Waals surface area contributed by atoms with Crippen LogP contribution in [0.3, 0.4) is 0 Å². The molecule has 6 nitrogen and oxygen atoms in total. The van der Waals surface area contributed by atoms with Gasteiger partial charge < -0.3 is 14.6 Å². The number of fused-ring (bicyclic) bond motifs is 1. The van der Waals surface area contributed by atoms with Crippen LogP contribution in [-0.2, 0) is 4.79 Å². The maximum Gasteiger partial charge on any atom is 0.349 e. The van der Waals surface area contributed by atoms with Crippen LogP contribution in [-0.4, -0.2) is 29.8 Å². The normalized spacial score (nSPS) is 17.4. The lowest BCUT2D eigenvalue weighted by Gasteiger charge is -2.29. The number of hydrogen-bond acceptors (Lipinski definition) is 4. The first-order valence-corrected chi connectivity index (χ1v) is 8.79. The highest BCUT2D eigenvalue weighted by molar-refractivity contribution is 5.97. The Morgan fingerprint density at radius 1 is 1.04 bits per heavy atom. The molecule has 0 saturated carbocycles. The van der Waals surface area contributed by atoms with E-state index >= 15 is 0 Å². The van der Waals surface area contributed by atoms with Crippen LogP contribution in [0.5, 0.6) is 0 Å². The van der Waals surface area contributed by atoms with Gasteiger partial charge in [-0.3, -0.25) is 9.59 Å². The summed E-state index contributed by atoms with van der Waals surface area (Å²) in [4.78, 5) is 39.3. The molecular formula is C21H18N2O4. The van der Waals surface area contributed by atoms with Crippen molar-refractivity contribution in [2.45, 2.75) is 12.5 Å². The Hall–Kier alpha value is -3.41. The lowest BCUT2D eigenvalue weighted by molar-refractivity contribution is -0.121. The maximum absolute atomic E-state index is 13.2. The van der Waals surface area contributed by atoms with E-state index in [9.17, 15) is 14.4 Å². The zero-order chi connectivity index (χ0) is 18.8. The van der Waals surface area contributed by atoms with Crippen molar-refractivity contribution in [2.75, 3.05) is 13.1 Å². The summed E-state index contributed by atoms with van der Waals surface area (Å²) in [7, 11) is 0. The number of nitrogens with zero attached hydrogens (tertiary/aromatic N) is 1. The van der Waals surface area contributed by atoms with Crippen LogP contribution < -0.4 is 10.9 Å². The molecule has 1 aromatic heterocycles. The monoisotopic (exact) mass is 362 g/mol. The van der Waals surface area contributed by atoms with Crippen LogP contribution >= 0.6 is 0 Å².